The zero-order valence-electron chi connectivity index (χ0n) is 11.6. The van der Waals surface area contributed by atoms with Gasteiger partial charge in [0.25, 0.3) is 0 Å². The first kappa shape index (κ1) is 17.0. The molecule has 1 heterocycles. The summed E-state index contributed by atoms with van der Waals surface area (Å²) in [5, 5.41) is 5.01. The molecule has 0 atom stereocenters. The van der Waals surface area contributed by atoms with E-state index in [2.05, 4.69) is 10.0 Å². The highest BCUT2D eigenvalue weighted by atomic mass is 35.5. The SMILES string of the molecule is O=C(CCNS(=O)(=O)c1cccc(Cl)c1)NCc1cccs1. The molecule has 118 valence electrons. The Morgan fingerprint density at radius 1 is 1.23 bits per heavy atom. The minimum atomic E-state index is -3.65. The maximum atomic E-state index is 12.0. The topological polar surface area (TPSA) is 75.3 Å². The van der Waals surface area contributed by atoms with Crippen LogP contribution in [0.2, 0.25) is 5.02 Å². The summed E-state index contributed by atoms with van der Waals surface area (Å²) >= 11 is 7.32. The predicted molar refractivity (Wildman–Crippen MR) is 87.4 cm³/mol. The van der Waals surface area contributed by atoms with Crippen LogP contribution in [0.1, 0.15) is 11.3 Å². The molecule has 1 amide bonds. The average Bonchev–Trinajstić information content (AvgIpc) is 2.98. The van der Waals surface area contributed by atoms with E-state index in [1.165, 1.54) is 12.1 Å². The number of halogens is 1. The molecule has 0 fully saturated rings. The Morgan fingerprint density at radius 2 is 2.05 bits per heavy atom. The van der Waals surface area contributed by atoms with Crippen molar-refractivity contribution in [3.63, 3.8) is 0 Å². The van der Waals surface area contributed by atoms with Crippen LogP contribution in [0.15, 0.2) is 46.7 Å². The molecule has 2 rings (SSSR count). The molecule has 2 N–H and O–H groups in total. The molecule has 5 nitrogen and oxygen atoms in total. The van der Waals surface area contributed by atoms with Gasteiger partial charge in [0.2, 0.25) is 15.9 Å². The predicted octanol–water partition coefficient (Wildman–Crippen LogP) is 2.39. The van der Waals surface area contributed by atoms with E-state index in [1.54, 1.807) is 23.5 Å². The van der Waals surface area contributed by atoms with Crippen molar-refractivity contribution < 1.29 is 13.2 Å². The molecule has 0 radical (unpaired) electrons. The van der Waals surface area contributed by atoms with Gasteiger partial charge in [0.05, 0.1) is 11.4 Å². The van der Waals surface area contributed by atoms with Crippen molar-refractivity contribution in [1.29, 1.82) is 0 Å². The van der Waals surface area contributed by atoms with Gasteiger partial charge >= 0.3 is 0 Å². The summed E-state index contributed by atoms with van der Waals surface area (Å²) in [5.74, 6) is -0.206. The first-order chi connectivity index (χ1) is 10.5. The van der Waals surface area contributed by atoms with E-state index in [1.807, 2.05) is 17.5 Å². The van der Waals surface area contributed by atoms with Crippen LogP contribution in [0, 0.1) is 0 Å². The van der Waals surface area contributed by atoms with Gasteiger partial charge in [0.1, 0.15) is 0 Å². The first-order valence-corrected chi connectivity index (χ1v) is 9.26. The van der Waals surface area contributed by atoms with Crippen molar-refractivity contribution in [3.8, 4) is 0 Å². The Hall–Kier alpha value is -1.41. The van der Waals surface area contributed by atoms with Gasteiger partial charge in [0.15, 0.2) is 0 Å². The van der Waals surface area contributed by atoms with Crippen LogP contribution in [-0.4, -0.2) is 20.9 Å². The maximum Gasteiger partial charge on any atom is 0.240 e. The molecule has 0 bridgehead atoms. The van der Waals surface area contributed by atoms with E-state index in [0.717, 1.165) is 4.88 Å². The largest absolute Gasteiger partial charge is 0.351 e. The van der Waals surface area contributed by atoms with Crippen molar-refractivity contribution in [2.45, 2.75) is 17.9 Å². The normalized spacial score (nSPS) is 11.3. The molecule has 0 aliphatic heterocycles. The average molecular weight is 359 g/mol. The second kappa shape index (κ2) is 7.73. The highest BCUT2D eigenvalue weighted by Crippen LogP contribution is 2.15. The second-order valence-electron chi connectivity index (χ2n) is 4.46. The van der Waals surface area contributed by atoms with Crippen molar-refractivity contribution >= 4 is 38.9 Å². The minimum Gasteiger partial charge on any atom is -0.351 e. The number of carbonyl (C=O) groups excluding carboxylic acids is 1. The van der Waals surface area contributed by atoms with Crippen molar-refractivity contribution in [3.05, 3.63) is 51.7 Å². The number of rotatable bonds is 7. The van der Waals surface area contributed by atoms with Crippen LogP contribution in [-0.2, 0) is 21.4 Å². The monoisotopic (exact) mass is 358 g/mol. The van der Waals surface area contributed by atoms with Crippen molar-refractivity contribution in [1.82, 2.24) is 10.0 Å². The third-order valence-corrected chi connectivity index (χ3v) is 5.36. The fourth-order valence-electron chi connectivity index (χ4n) is 1.70. The Labute approximate surface area is 138 Å². The molecule has 0 spiro atoms. The number of sulfonamides is 1. The van der Waals surface area contributed by atoms with Gasteiger partial charge < -0.3 is 5.32 Å². The Kier molecular flexibility index (Phi) is 5.96. The summed E-state index contributed by atoms with van der Waals surface area (Å²) in [5.41, 5.74) is 0. The van der Waals surface area contributed by atoms with E-state index in [-0.39, 0.29) is 23.8 Å². The third-order valence-electron chi connectivity index (χ3n) is 2.79. The molecule has 8 heteroatoms. The van der Waals surface area contributed by atoms with Crippen LogP contribution in [0.25, 0.3) is 0 Å². The molecule has 0 unspecified atom stereocenters. The lowest BCUT2D eigenvalue weighted by molar-refractivity contribution is -0.121. The molecule has 2 aromatic rings. The lowest BCUT2D eigenvalue weighted by atomic mass is 10.4. The van der Waals surface area contributed by atoms with Crippen LogP contribution >= 0.6 is 22.9 Å². The lowest BCUT2D eigenvalue weighted by Crippen LogP contribution is -2.30. The zero-order chi connectivity index (χ0) is 16.0. The summed E-state index contributed by atoms with van der Waals surface area (Å²) in [6.45, 7) is 0.489. The number of thiophene rings is 1. The molecule has 0 saturated heterocycles. The van der Waals surface area contributed by atoms with Crippen LogP contribution in [0.3, 0.4) is 0 Å². The van der Waals surface area contributed by atoms with Gasteiger partial charge in [-0.25, -0.2) is 13.1 Å². The fraction of sp³-hybridized carbons (Fsp3) is 0.214. The van der Waals surface area contributed by atoms with Crippen LogP contribution in [0.4, 0.5) is 0 Å². The Bertz CT molecular complexity index is 730. The number of nitrogens with one attached hydrogen (secondary N) is 2. The third kappa shape index (κ3) is 5.10. The zero-order valence-corrected chi connectivity index (χ0v) is 14.0. The molecular formula is C14H15ClN2O3S2. The quantitative estimate of drug-likeness (QED) is 0.798. The lowest BCUT2D eigenvalue weighted by Gasteiger charge is -2.07. The standard InChI is InChI=1S/C14H15ClN2O3S2/c15-11-3-1-5-13(9-11)22(19,20)17-7-6-14(18)16-10-12-4-2-8-21-12/h1-5,8-9,17H,6-7,10H2,(H,16,18). The smallest absolute Gasteiger partial charge is 0.240 e. The molecular weight excluding hydrogens is 344 g/mol. The Balaban J connectivity index is 1.78. The number of hydrogen-bond donors (Lipinski definition) is 2. The Morgan fingerprint density at radius 3 is 2.73 bits per heavy atom. The van der Waals surface area contributed by atoms with Gasteiger partial charge in [-0.15, -0.1) is 11.3 Å². The number of amides is 1. The van der Waals surface area contributed by atoms with Crippen LogP contribution < -0.4 is 10.0 Å². The molecule has 22 heavy (non-hydrogen) atoms. The van der Waals surface area contributed by atoms with Gasteiger partial charge in [0, 0.05) is 22.9 Å². The van der Waals surface area contributed by atoms with Crippen LogP contribution in [0.5, 0.6) is 0 Å². The van der Waals surface area contributed by atoms with Gasteiger partial charge in [-0.3, -0.25) is 4.79 Å². The molecule has 0 aliphatic carbocycles. The fourth-order valence-corrected chi connectivity index (χ4v) is 3.68. The van der Waals surface area contributed by atoms with Gasteiger partial charge in [-0.1, -0.05) is 23.7 Å². The summed E-state index contributed by atoms with van der Waals surface area (Å²) in [7, 11) is -3.65. The van der Waals surface area contributed by atoms with Gasteiger partial charge in [-0.2, -0.15) is 0 Å². The van der Waals surface area contributed by atoms with E-state index < -0.39 is 10.0 Å². The highest BCUT2D eigenvalue weighted by Gasteiger charge is 2.14. The molecule has 0 saturated carbocycles. The maximum absolute atomic E-state index is 12.0. The number of benzene rings is 1. The first-order valence-electron chi connectivity index (χ1n) is 6.52. The van der Waals surface area contributed by atoms with E-state index in [4.69, 9.17) is 11.6 Å². The second-order valence-corrected chi connectivity index (χ2v) is 7.70. The number of hydrogen-bond acceptors (Lipinski definition) is 4. The van der Waals surface area contributed by atoms with E-state index >= 15 is 0 Å². The summed E-state index contributed by atoms with van der Waals surface area (Å²) in [6.07, 6.45) is 0.0746. The van der Waals surface area contributed by atoms with E-state index in [0.29, 0.717) is 11.6 Å². The van der Waals surface area contributed by atoms with E-state index in [9.17, 15) is 13.2 Å². The number of carbonyl (C=O) groups is 1. The molecule has 1 aromatic heterocycles. The molecule has 1 aromatic carbocycles. The summed E-state index contributed by atoms with van der Waals surface area (Å²) in [4.78, 5) is 12.8. The summed E-state index contributed by atoms with van der Waals surface area (Å²) < 4.78 is 26.4. The molecule has 0 aliphatic rings. The van der Waals surface area contributed by atoms with Gasteiger partial charge in [-0.05, 0) is 29.6 Å². The highest BCUT2D eigenvalue weighted by molar-refractivity contribution is 7.89. The van der Waals surface area contributed by atoms with Crippen molar-refractivity contribution in [2.24, 2.45) is 0 Å². The summed E-state index contributed by atoms with van der Waals surface area (Å²) in [6, 6.07) is 9.80. The van der Waals surface area contributed by atoms with Crippen molar-refractivity contribution in [2.75, 3.05) is 6.54 Å². The minimum absolute atomic E-state index is 0.0329.